The molecule has 19 heavy (non-hydrogen) atoms. The van der Waals surface area contributed by atoms with Crippen LogP contribution < -0.4 is 5.73 Å². The third kappa shape index (κ3) is 3.46. The molecule has 0 radical (unpaired) electrons. The fourth-order valence-electron chi connectivity index (χ4n) is 1.91. The van der Waals surface area contributed by atoms with Crippen LogP contribution in [0.1, 0.15) is 26.2 Å². The van der Waals surface area contributed by atoms with Crippen molar-refractivity contribution in [2.24, 2.45) is 5.73 Å². The molecule has 104 valence electrons. The van der Waals surface area contributed by atoms with Gasteiger partial charge < -0.3 is 10.8 Å². The van der Waals surface area contributed by atoms with E-state index in [2.05, 4.69) is 10.2 Å². The minimum Gasteiger partial charge on any atom is -0.389 e. The van der Waals surface area contributed by atoms with Crippen LogP contribution in [0.5, 0.6) is 0 Å². The van der Waals surface area contributed by atoms with Crippen LogP contribution in [0.4, 0.5) is 0 Å². The van der Waals surface area contributed by atoms with Crippen molar-refractivity contribution in [2.45, 2.75) is 36.9 Å². The van der Waals surface area contributed by atoms with Crippen LogP contribution in [0, 0.1) is 0 Å². The molecule has 0 aromatic carbocycles. The summed E-state index contributed by atoms with van der Waals surface area (Å²) in [5.74, 6) is 0.901. The van der Waals surface area contributed by atoms with Gasteiger partial charge in [-0.15, -0.1) is 10.2 Å². The minimum absolute atomic E-state index is 0.321. The molecule has 2 aromatic heterocycles. The predicted octanol–water partition coefficient (Wildman–Crippen LogP) is 1.70. The summed E-state index contributed by atoms with van der Waals surface area (Å²) in [5, 5.41) is 19.2. The first kappa shape index (κ1) is 14.3. The van der Waals surface area contributed by atoms with E-state index in [0.717, 1.165) is 29.4 Å². The van der Waals surface area contributed by atoms with Crippen LogP contribution >= 0.6 is 11.8 Å². The highest BCUT2D eigenvalue weighted by atomic mass is 32.2. The highest BCUT2D eigenvalue weighted by molar-refractivity contribution is 7.99. The highest BCUT2D eigenvalue weighted by Crippen LogP contribution is 2.21. The smallest absolute Gasteiger partial charge is 0.195 e. The number of nitrogens with two attached hydrogens (primary N) is 1. The quantitative estimate of drug-likeness (QED) is 0.596. The Hall–Kier alpha value is -1.11. The monoisotopic (exact) mass is 280 g/mol. The molecule has 2 rings (SSSR count). The zero-order valence-electron chi connectivity index (χ0n) is 11.1. The van der Waals surface area contributed by atoms with Crippen LogP contribution in [-0.4, -0.2) is 37.6 Å². The van der Waals surface area contributed by atoms with Crippen molar-refractivity contribution in [1.82, 2.24) is 14.6 Å². The maximum Gasteiger partial charge on any atom is 0.195 e. The molecule has 0 saturated carbocycles. The molecule has 0 aliphatic carbocycles. The molecule has 0 bridgehead atoms. The number of aliphatic hydroxyl groups is 1. The van der Waals surface area contributed by atoms with E-state index in [4.69, 9.17) is 5.73 Å². The summed E-state index contributed by atoms with van der Waals surface area (Å²) in [6.45, 7) is 2.29. The molecule has 0 aliphatic heterocycles. The van der Waals surface area contributed by atoms with Crippen molar-refractivity contribution in [3.05, 3.63) is 24.4 Å². The number of fused-ring (bicyclic) bond motifs is 1. The van der Waals surface area contributed by atoms with Crippen molar-refractivity contribution in [1.29, 1.82) is 0 Å². The number of thioether (sulfide) groups is 1. The number of rotatable bonds is 7. The van der Waals surface area contributed by atoms with E-state index in [9.17, 15) is 5.11 Å². The second kappa shape index (κ2) is 6.36. The molecule has 2 aromatic rings. The molecule has 0 fully saturated rings. The third-order valence-electron chi connectivity index (χ3n) is 3.34. The maximum absolute atomic E-state index is 10.1. The van der Waals surface area contributed by atoms with Gasteiger partial charge in [-0.05, 0) is 31.4 Å². The Morgan fingerprint density at radius 1 is 1.42 bits per heavy atom. The predicted molar refractivity (Wildman–Crippen MR) is 77.2 cm³/mol. The average Bonchev–Trinajstić information content (AvgIpc) is 2.87. The highest BCUT2D eigenvalue weighted by Gasteiger charge is 2.21. The Bertz CT molecular complexity index is 524. The van der Waals surface area contributed by atoms with Gasteiger partial charge in [0.1, 0.15) is 0 Å². The van der Waals surface area contributed by atoms with E-state index in [0.29, 0.717) is 13.0 Å². The summed E-state index contributed by atoms with van der Waals surface area (Å²) in [4.78, 5) is 0. The minimum atomic E-state index is -0.715. The second-order valence-corrected chi connectivity index (χ2v) is 5.71. The first-order valence-corrected chi connectivity index (χ1v) is 7.52. The summed E-state index contributed by atoms with van der Waals surface area (Å²) >= 11 is 1.66. The van der Waals surface area contributed by atoms with E-state index in [-0.39, 0.29) is 0 Å². The summed E-state index contributed by atoms with van der Waals surface area (Å²) in [6, 6.07) is 5.84. The normalized spacial score (nSPS) is 14.7. The molecule has 0 aliphatic rings. The Kier molecular flexibility index (Phi) is 4.79. The fourth-order valence-corrected chi connectivity index (χ4v) is 2.77. The van der Waals surface area contributed by atoms with Gasteiger partial charge in [0.05, 0.1) is 5.60 Å². The fraction of sp³-hybridized carbons (Fsp3) is 0.538. The van der Waals surface area contributed by atoms with Gasteiger partial charge in [-0.3, -0.25) is 4.40 Å². The van der Waals surface area contributed by atoms with Crippen LogP contribution in [0.15, 0.2) is 29.6 Å². The van der Waals surface area contributed by atoms with Crippen LogP contribution in [0.25, 0.3) is 5.65 Å². The van der Waals surface area contributed by atoms with E-state index in [1.807, 2.05) is 35.7 Å². The molecule has 6 heteroatoms. The standard InChI is InChI=1S/C13H20N4OS/c1-2-13(18,10-14)7-5-9-19-12-16-15-11-6-3-4-8-17(11)12/h3-4,6,8,18H,2,5,7,9-10,14H2,1H3. The zero-order chi connectivity index (χ0) is 13.7. The Balaban J connectivity index is 1.86. The van der Waals surface area contributed by atoms with Crippen molar-refractivity contribution >= 4 is 17.4 Å². The van der Waals surface area contributed by atoms with Crippen LogP contribution in [0.3, 0.4) is 0 Å². The molecule has 5 nitrogen and oxygen atoms in total. The Morgan fingerprint density at radius 3 is 3.00 bits per heavy atom. The lowest BCUT2D eigenvalue weighted by molar-refractivity contribution is 0.0360. The number of aromatic nitrogens is 3. The van der Waals surface area contributed by atoms with Crippen LogP contribution in [0.2, 0.25) is 0 Å². The van der Waals surface area contributed by atoms with E-state index >= 15 is 0 Å². The number of hydrogen-bond acceptors (Lipinski definition) is 5. The van der Waals surface area contributed by atoms with Gasteiger partial charge in [0.25, 0.3) is 0 Å². The van der Waals surface area contributed by atoms with Gasteiger partial charge >= 0.3 is 0 Å². The first-order chi connectivity index (χ1) is 9.18. The lowest BCUT2D eigenvalue weighted by atomic mass is 9.95. The van der Waals surface area contributed by atoms with Gasteiger partial charge in [0.2, 0.25) is 0 Å². The molecular weight excluding hydrogens is 260 g/mol. The van der Waals surface area contributed by atoms with E-state index in [1.165, 1.54) is 0 Å². The molecule has 0 saturated heterocycles. The number of nitrogens with zero attached hydrogens (tertiary/aromatic N) is 3. The summed E-state index contributed by atoms with van der Waals surface area (Å²) in [7, 11) is 0. The Morgan fingerprint density at radius 2 is 2.26 bits per heavy atom. The van der Waals surface area contributed by atoms with Crippen molar-refractivity contribution in [3.63, 3.8) is 0 Å². The van der Waals surface area contributed by atoms with Gasteiger partial charge in [-0.1, -0.05) is 24.8 Å². The molecular formula is C13H20N4OS. The molecule has 1 unspecified atom stereocenters. The molecule has 0 amide bonds. The largest absolute Gasteiger partial charge is 0.389 e. The molecule has 2 heterocycles. The van der Waals surface area contributed by atoms with Gasteiger partial charge in [0, 0.05) is 18.5 Å². The first-order valence-electron chi connectivity index (χ1n) is 6.53. The van der Waals surface area contributed by atoms with Gasteiger partial charge in [-0.2, -0.15) is 0 Å². The van der Waals surface area contributed by atoms with E-state index < -0.39 is 5.60 Å². The third-order valence-corrected chi connectivity index (χ3v) is 4.37. The lowest BCUT2D eigenvalue weighted by Gasteiger charge is -2.24. The van der Waals surface area contributed by atoms with Gasteiger partial charge in [0.15, 0.2) is 10.8 Å². The SMILES string of the molecule is CCC(O)(CN)CCCSc1nnc2ccccn12. The summed E-state index contributed by atoms with van der Waals surface area (Å²) in [6.07, 6.45) is 4.29. The second-order valence-electron chi connectivity index (χ2n) is 4.65. The van der Waals surface area contributed by atoms with Crippen molar-refractivity contribution < 1.29 is 5.11 Å². The topological polar surface area (TPSA) is 76.4 Å². The van der Waals surface area contributed by atoms with Gasteiger partial charge in [-0.25, -0.2) is 0 Å². The van der Waals surface area contributed by atoms with Crippen molar-refractivity contribution in [3.8, 4) is 0 Å². The summed E-state index contributed by atoms with van der Waals surface area (Å²) < 4.78 is 1.97. The van der Waals surface area contributed by atoms with E-state index in [1.54, 1.807) is 11.8 Å². The van der Waals surface area contributed by atoms with Crippen LogP contribution in [-0.2, 0) is 0 Å². The molecule has 3 N–H and O–H groups in total. The average molecular weight is 280 g/mol. The summed E-state index contributed by atoms with van der Waals surface area (Å²) in [5.41, 5.74) is 5.73. The number of hydrogen-bond donors (Lipinski definition) is 2. The number of pyridine rings is 1. The zero-order valence-corrected chi connectivity index (χ0v) is 11.9. The maximum atomic E-state index is 10.1. The van der Waals surface area contributed by atoms with Crippen molar-refractivity contribution in [2.75, 3.05) is 12.3 Å². The molecule has 0 spiro atoms. The lowest BCUT2D eigenvalue weighted by Crippen LogP contribution is -2.36. The Labute approximate surface area is 117 Å². The molecule has 1 atom stereocenters.